The second kappa shape index (κ2) is 12.8. The highest BCUT2D eigenvalue weighted by Gasteiger charge is 2.18. The Hall–Kier alpha value is -6.39. The summed E-state index contributed by atoms with van der Waals surface area (Å²) in [5.41, 5.74) is 8.95. The zero-order valence-corrected chi connectivity index (χ0v) is 26.3. The number of para-hydroxylation sites is 1. The highest BCUT2D eigenvalue weighted by atomic mass is 16.3. The van der Waals surface area contributed by atoms with Gasteiger partial charge in [-0.3, -0.25) is 4.99 Å². The summed E-state index contributed by atoms with van der Waals surface area (Å²) < 4.78 is 6.59. The molecule has 0 spiro atoms. The van der Waals surface area contributed by atoms with Crippen LogP contribution in [0.1, 0.15) is 16.7 Å². The van der Waals surface area contributed by atoms with Gasteiger partial charge in [0.2, 0.25) is 0 Å². The molecule has 0 unspecified atom stereocenters. The first-order valence-corrected chi connectivity index (χ1v) is 16.0. The van der Waals surface area contributed by atoms with E-state index in [0.29, 0.717) is 18.2 Å². The Morgan fingerprint density at radius 1 is 0.542 bits per heavy atom. The molecule has 0 N–H and O–H groups in total. The Kier molecular flexibility index (Phi) is 7.73. The van der Waals surface area contributed by atoms with Crippen LogP contribution in [0.4, 0.5) is 0 Å². The van der Waals surface area contributed by atoms with Gasteiger partial charge in [0.25, 0.3) is 0 Å². The fourth-order valence-electron chi connectivity index (χ4n) is 6.38. The van der Waals surface area contributed by atoms with Crippen LogP contribution in [0.3, 0.4) is 0 Å². The fraction of sp³-hybridized carbons (Fsp3) is 0.0227. The molecule has 7 aromatic carbocycles. The average Bonchev–Trinajstić information content (AvgIpc) is 3.55. The largest absolute Gasteiger partial charge is 0.455 e. The second-order valence-corrected chi connectivity index (χ2v) is 11.7. The van der Waals surface area contributed by atoms with Crippen molar-refractivity contribution in [3.63, 3.8) is 0 Å². The quantitative estimate of drug-likeness (QED) is 0.135. The summed E-state index contributed by atoms with van der Waals surface area (Å²) in [6, 6.07) is 56.1. The van der Waals surface area contributed by atoms with Crippen LogP contribution < -0.4 is 0 Å². The van der Waals surface area contributed by atoms with E-state index in [1.807, 2.05) is 66.7 Å². The molecule has 4 nitrogen and oxygen atoms in total. The molecular formula is C44H31N3O. The van der Waals surface area contributed by atoms with Crippen LogP contribution in [0.25, 0.3) is 55.0 Å². The molecule has 1 aromatic heterocycles. The van der Waals surface area contributed by atoms with E-state index in [9.17, 15) is 0 Å². The molecule has 0 saturated carbocycles. The lowest BCUT2D eigenvalue weighted by molar-refractivity contribution is 0.670. The first-order chi connectivity index (χ1) is 23.8. The van der Waals surface area contributed by atoms with Crippen molar-refractivity contribution in [3.8, 4) is 22.3 Å². The van der Waals surface area contributed by atoms with Crippen LogP contribution in [-0.2, 0) is 6.54 Å². The summed E-state index contributed by atoms with van der Waals surface area (Å²) in [5.74, 6) is 1.09. The molecular weight excluding hydrogens is 587 g/mol. The van der Waals surface area contributed by atoms with E-state index >= 15 is 0 Å². The minimum atomic E-state index is 0.490. The third-order valence-corrected chi connectivity index (χ3v) is 8.71. The van der Waals surface area contributed by atoms with Crippen molar-refractivity contribution in [3.05, 3.63) is 180 Å². The number of aliphatic imine (C=N–C) groups is 3. The van der Waals surface area contributed by atoms with Crippen LogP contribution in [0.2, 0.25) is 0 Å². The first kappa shape index (κ1) is 29.0. The Morgan fingerprint density at radius 2 is 1.17 bits per heavy atom. The third kappa shape index (κ3) is 5.50. The Bertz CT molecular complexity index is 2470. The smallest absolute Gasteiger partial charge is 0.161 e. The monoisotopic (exact) mass is 617 g/mol. The minimum absolute atomic E-state index is 0.490. The van der Waals surface area contributed by atoms with Crippen molar-refractivity contribution in [1.29, 1.82) is 0 Å². The SMILES string of the molecule is C=NC(=NC(=NCc1ccccc1)c1ccccc1)c1cccc2oc3c(-c4ccc(-c5cccc6ccccc56)cc4)cccc3c12. The molecule has 4 heteroatoms. The van der Waals surface area contributed by atoms with E-state index in [1.54, 1.807) is 0 Å². The van der Waals surface area contributed by atoms with E-state index in [4.69, 9.17) is 14.4 Å². The fourth-order valence-corrected chi connectivity index (χ4v) is 6.38. The molecule has 8 aromatic rings. The van der Waals surface area contributed by atoms with Crippen LogP contribution in [0.15, 0.2) is 183 Å². The lowest BCUT2D eigenvalue weighted by atomic mass is 9.95. The average molecular weight is 618 g/mol. The van der Waals surface area contributed by atoms with Crippen molar-refractivity contribution in [2.24, 2.45) is 15.0 Å². The number of hydrogen-bond acceptors (Lipinski definition) is 2. The van der Waals surface area contributed by atoms with Crippen LogP contribution >= 0.6 is 0 Å². The Balaban J connectivity index is 1.21. The zero-order chi connectivity index (χ0) is 32.3. The number of fused-ring (bicyclic) bond motifs is 4. The molecule has 1 heterocycles. The predicted octanol–water partition coefficient (Wildman–Crippen LogP) is 11.2. The van der Waals surface area contributed by atoms with Gasteiger partial charge in [-0.25, -0.2) is 9.98 Å². The molecule has 0 fully saturated rings. The summed E-state index contributed by atoms with van der Waals surface area (Å²) in [7, 11) is 0. The molecule has 228 valence electrons. The Morgan fingerprint density at radius 3 is 1.96 bits per heavy atom. The number of furan rings is 1. The lowest BCUT2D eigenvalue weighted by Gasteiger charge is -2.09. The molecule has 0 aliphatic rings. The number of benzene rings is 7. The molecule has 48 heavy (non-hydrogen) atoms. The summed E-state index contributed by atoms with van der Waals surface area (Å²) in [6.07, 6.45) is 0. The van der Waals surface area contributed by atoms with E-state index in [2.05, 4.69) is 109 Å². The normalized spacial score (nSPS) is 12.2. The molecule has 0 atom stereocenters. The van der Waals surface area contributed by atoms with Crippen molar-refractivity contribution in [1.82, 2.24) is 0 Å². The second-order valence-electron chi connectivity index (χ2n) is 11.7. The predicted molar refractivity (Wildman–Crippen MR) is 201 cm³/mol. The lowest BCUT2D eigenvalue weighted by Crippen LogP contribution is -2.06. The van der Waals surface area contributed by atoms with Crippen LogP contribution in [0.5, 0.6) is 0 Å². The topological polar surface area (TPSA) is 50.2 Å². The van der Waals surface area contributed by atoms with Crippen molar-refractivity contribution in [2.45, 2.75) is 6.54 Å². The molecule has 0 amide bonds. The van der Waals surface area contributed by atoms with Gasteiger partial charge in [0.15, 0.2) is 11.7 Å². The first-order valence-electron chi connectivity index (χ1n) is 16.0. The maximum atomic E-state index is 6.59. The highest BCUT2D eigenvalue weighted by molar-refractivity contribution is 6.23. The van der Waals surface area contributed by atoms with Gasteiger partial charge >= 0.3 is 0 Å². The molecule has 0 radical (unpaired) electrons. The third-order valence-electron chi connectivity index (χ3n) is 8.71. The minimum Gasteiger partial charge on any atom is -0.455 e. The summed E-state index contributed by atoms with van der Waals surface area (Å²) in [6.45, 7) is 4.42. The van der Waals surface area contributed by atoms with Gasteiger partial charge in [0, 0.05) is 27.5 Å². The van der Waals surface area contributed by atoms with Gasteiger partial charge in [-0.1, -0.05) is 158 Å². The highest BCUT2D eigenvalue weighted by Crippen LogP contribution is 2.38. The van der Waals surface area contributed by atoms with Gasteiger partial charge in [0.05, 0.1) is 6.54 Å². The number of nitrogens with zero attached hydrogens (tertiary/aromatic N) is 3. The van der Waals surface area contributed by atoms with Crippen LogP contribution in [0, 0.1) is 0 Å². The molecule has 0 aliphatic carbocycles. The van der Waals surface area contributed by atoms with E-state index in [-0.39, 0.29) is 0 Å². The molecule has 0 bridgehead atoms. The molecule has 8 rings (SSSR count). The van der Waals surface area contributed by atoms with E-state index in [0.717, 1.165) is 49.8 Å². The van der Waals surface area contributed by atoms with Gasteiger partial charge in [-0.05, 0) is 45.8 Å². The summed E-state index contributed by atoms with van der Waals surface area (Å²) in [4.78, 5) is 14.4. The van der Waals surface area contributed by atoms with E-state index in [1.165, 1.54) is 21.9 Å². The van der Waals surface area contributed by atoms with Crippen molar-refractivity contribution < 1.29 is 4.42 Å². The number of rotatable bonds is 6. The van der Waals surface area contributed by atoms with Gasteiger partial charge in [-0.2, -0.15) is 0 Å². The number of amidine groups is 2. The van der Waals surface area contributed by atoms with Crippen LogP contribution in [-0.4, -0.2) is 18.4 Å². The summed E-state index contributed by atoms with van der Waals surface area (Å²) >= 11 is 0. The van der Waals surface area contributed by atoms with Crippen molar-refractivity contribution >= 4 is 51.1 Å². The maximum Gasteiger partial charge on any atom is 0.161 e. The Labute approximate surface area is 279 Å². The summed E-state index contributed by atoms with van der Waals surface area (Å²) in [5, 5.41) is 4.42. The molecule has 0 aliphatic heterocycles. The standard InChI is InChI=1S/C44H31N3O/c1-45-44(47-43(34-16-6-3-7-17-34)46-29-30-13-4-2-5-14-30)39-23-12-24-40-41(39)38-22-11-21-37(42(38)48-40)33-27-25-32(26-28-33)36-20-10-18-31-15-8-9-19-35(31)36/h2-28H,1,29H2. The zero-order valence-electron chi connectivity index (χ0n) is 26.3. The van der Waals surface area contributed by atoms with E-state index < -0.39 is 0 Å². The van der Waals surface area contributed by atoms with Gasteiger partial charge in [-0.15, -0.1) is 0 Å². The molecule has 0 saturated heterocycles. The van der Waals surface area contributed by atoms with Crippen molar-refractivity contribution in [2.75, 3.05) is 0 Å². The number of hydrogen-bond donors (Lipinski definition) is 0. The van der Waals surface area contributed by atoms with Gasteiger partial charge in [0.1, 0.15) is 11.2 Å². The van der Waals surface area contributed by atoms with Gasteiger partial charge < -0.3 is 4.42 Å². The maximum absolute atomic E-state index is 6.59.